The van der Waals surface area contributed by atoms with Crippen molar-refractivity contribution in [2.75, 3.05) is 4.90 Å². The lowest BCUT2D eigenvalue weighted by atomic mass is 10.1. The van der Waals surface area contributed by atoms with Gasteiger partial charge in [-0.1, -0.05) is 12.1 Å². The first-order valence-corrected chi connectivity index (χ1v) is 6.59. The van der Waals surface area contributed by atoms with Gasteiger partial charge < -0.3 is 4.74 Å². The summed E-state index contributed by atoms with van der Waals surface area (Å²) in [5.74, 6) is -2.31. The average Bonchev–Trinajstić information content (AvgIpc) is 2.78. The first-order chi connectivity index (χ1) is 11.3. The largest absolute Gasteiger partial charge is 0.573 e. The van der Waals surface area contributed by atoms with E-state index in [1.807, 2.05) is 0 Å². The van der Waals surface area contributed by atoms with Gasteiger partial charge in [0.1, 0.15) is 0 Å². The highest BCUT2D eigenvalue weighted by Gasteiger charge is 2.40. The van der Waals surface area contributed by atoms with Crippen molar-refractivity contribution in [2.45, 2.75) is 6.36 Å². The molecule has 0 aromatic heterocycles. The summed E-state index contributed by atoms with van der Waals surface area (Å²) in [7, 11) is 0. The minimum atomic E-state index is -5.04. The number of carbonyl (C=O) groups excluding carboxylic acids is 2. The fraction of sp³-hybridized carbons (Fsp3) is 0.0625. The van der Waals surface area contributed by atoms with E-state index in [-0.39, 0.29) is 22.4 Å². The van der Waals surface area contributed by atoms with Crippen LogP contribution in [0.5, 0.6) is 5.75 Å². The van der Waals surface area contributed by atoms with Gasteiger partial charge in [0, 0.05) is 6.07 Å². The molecule has 1 heterocycles. The van der Waals surface area contributed by atoms with Crippen LogP contribution < -0.4 is 9.64 Å². The van der Waals surface area contributed by atoms with Crippen LogP contribution in [-0.4, -0.2) is 18.2 Å². The average molecular weight is 332 g/mol. The highest BCUT2D eigenvalue weighted by atomic mass is 19.4. The molecule has 0 unspecified atom stereocenters. The maximum Gasteiger partial charge on any atom is 0.573 e. The Labute approximate surface area is 133 Å². The lowest BCUT2D eigenvalue weighted by Crippen LogP contribution is -2.30. The summed E-state index contributed by atoms with van der Waals surface area (Å²) in [6.45, 7) is 0. The van der Waals surface area contributed by atoms with E-state index in [2.05, 4.69) is 4.74 Å². The second-order valence-electron chi connectivity index (χ2n) is 4.83. The lowest BCUT2D eigenvalue weighted by Gasteiger charge is -2.19. The molecule has 120 valence electrons. The zero-order valence-electron chi connectivity index (χ0n) is 11.8. The maximum absolute atomic E-state index is 12.6. The quantitative estimate of drug-likeness (QED) is 0.792. The van der Waals surface area contributed by atoms with E-state index >= 15 is 0 Å². The molecule has 2 aromatic carbocycles. The number of nitrogens with zero attached hydrogens (tertiary/aromatic N) is 2. The van der Waals surface area contributed by atoms with Gasteiger partial charge in [-0.3, -0.25) is 9.59 Å². The van der Waals surface area contributed by atoms with E-state index in [1.54, 1.807) is 18.2 Å². The van der Waals surface area contributed by atoms with Crippen molar-refractivity contribution in [1.29, 1.82) is 5.26 Å². The van der Waals surface area contributed by atoms with Crippen LogP contribution in [0.2, 0.25) is 0 Å². The fourth-order valence-electron chi connectivity index (χ4n) is 2.38. The topological polar surface area (TPSA) is 70.4 Å². The number of imide groups is 1. The van der Waals surface area contributed by atoms with Crippen molar-refractivity contribution in [1.82, 2.24) is 0 Å². The normalized spacial score (nSPS) is 13.7. The van der Waals surface area contributed by atoms with E-state index in [0.29, 0.717) is 4.90 Å². The van der Waals surface area contributed by atoms with Crippen molar-refractivity contribution in [3.05, 3.63) is 59.2 Å². The minimum absolute atomic E-state index is 0.0878. The molecule has 2 aromatic rings. The number of carbonyl (C=O) groups is 2. The summed E-state index contributed by atoms with van der Waals surface area (Å²) in [6.07, 6.45) is -5.04. The summed E-state index contributed by atoms with van der Waals surface area (Å²) in [6, 6.07) is 10.7. The van der Waals surface area contributed by atoms with Gasteiger partial charge in [-0.2, -0.15) is 5.26 Å². The van der Waals surface area contributed by atoms with Crippen LogP contribution in [0, 0.1) is 11.3 Å². The first kappa shape index (κ1) is 15.6. The standard InChI is InChI=1S/C16H7F3N2O3/c17-16(18,19)24-13-7-9(8-20)5-6-12(13)21-14(22)10-3-1-2-4-11(10)15(21)23/h1-7H. The molecule has 2 amide bonds. The molecule has 0 saturated carbocycles. The Morgan fingerprint density at radius 2 is 1.58 bits per heavy atom. The summed E-state index contributed by atoms with van der Waals surface area (Å²) in [5, 5.41) is 8.83. The van der Waals surface area contributed by atoms with Gasteiger partial charge in [0.15, 0.2) is 5.75 Å². The highest BCUT2D eigenvalue weighted by molar-refractivity contribution is 6.34. The second kappa shape index (κ2) is 5.38. The van der Waals surface area contributed by atoms with Gasteiger partial charge >= 0.3 is 6.36 Å². The zero-order valence-corrected chi connectivity index (χ0v) is 11.8. The first-order valence-electron chi connectivity index (χ1n) is 6.59. The SMILES string of the molecule is N#Cc1ccc(N2C(=O)c3ccccc3C2=O)c(OC(F)(F)F)c1. The van der Waals surface area contributed by atoms with Crippen molar-refractivity contribution < 1.29 is 27.5 Å². The van der Waals surface area contributed by atoms with Gasteiger partial charge in [-0.05, 0) is 24.3 Å². The smallest absolute Gasteiger partial charge is 0.403 e. The molecule has 3 rings (SSSR count). The number of anilines is 1. The van der Waals surface area contributed by atoms with Crippen LogP contribution >= 0.6 is 0 Å². The Balaban J connectivity index is 2.12. The fourth-order valence-corrected chi connectivity index (χ4v) is 2.38. The zero-order chi connectivity index (χ0) is 17.5. The van der Waals surface area contributed by atoms with Crippen molar-refractivity contribution >= 4 is 17.5 Å². The van der Waals surface area contributed by atoms with Gasteiger partial charge in [-0.15, -0.1) is 13.2 Å². The van der Waals surface area contributed by atoms with Crippen LogP contribution in [0.1, 0.15) is 26.3 Å². The monoisotopic (exact) mass is 332 g/mol. The number of hydrogen-bond donors (Lipinski definition) is 0. The summed E-state index contributed by atoms with van der Waals surface area (Å²) >= 11 is 0. The third-order valence-corrected chi connectivity index (χ3v) is 3.35. The minimum Gasteiger partial charge on any atom is -0.403 e. The Kier molecular flexibility index (Phi) is 3.49. The molecule has 0 aliphatic carbocycles. The van der Waals surface area contributed by atoms with Crippen LogP contribution in [-0.2, 0) is 0 Å². The maximum atomic E-state index is 12.6. The number of ether oxygens (including phenoxy) is 1. The van der Waals surface area contributed by atoms with E-state index in [0.717, 1.165) is 12.1 Å². The van der Waals surface area contributed by atoms with Crippen molar-refractivity contribution in [3.63, 3.8) is 0 Å². The van der Waals surface area contributed by atoms with E-state index in [1.165, 1.54) is 18.2 Å². The predicted molar refractivity (Wildman–Crippen MR) is 75.4 cm³/mol. The molecule has 0 spiro atoms. The lowest BCUT2D eigenvalue weighted by molar-refractivity contribution is -0.274. The summed E-state index contributed by atoms with van der Waals surface area (Å²) < 4.78 is 41.7. The second-order valence-corrected chi connectivity index (χ2v) is 4.83. The highest BCUT2D eigenvalue weighted by Crippen LogP contribution is 2.37. The van der Waals surface area contributed by atoms with E-state index < -0.39 is 23.9 Å². The van der Waals surface area contributed by atoms with E-state index in [9.17, 15) is 22.8 Å². The van der Waals surface area contributed by atoms with Crippen LogP contribution in [0.25, 0.3) is 0 Å². The number of benzene rings is 2. The molecule has 0 N–H and O–H groups in total. The molecule has 24 heavy (non-hydrogen) atoms. The van der Waals surface area contributed by atoms with E-state index in [4.69, 9.17) is 5.26 Å². The number of hydrogen-bond acceptors (Lipinski definition) is 4. The van der Waals surface area contributed by atoms with Crippen molar-refractivity contribution in [3.8, 4) is 11.8 Å². The molecular formula is C16H7F3N2O3. The molecule has 1 aliphatic heterocycles. The third kappa shape index (κ3) is 2.56. The van der Waals surface area contributed by atoms with Crippen LogP contribution in [0.3, 0.4) is 0 Å². The number of nitriles is 1. The molecule has 0 radical (unpaired) electrons. The summed E-state index contributed by atoms with van der Waals surface area (Å²) in [4.78, 5) is 25.4. The molecule has 1 aliphatic rings. The molecular weight excluding hydrogens is 325 g/mol. The molecule has 0 bridgehead atoms. The predicted octanol–water partition coefficient (Wildman–Crippen LogP) is 3.26. The van der Waals surface area contributed by atoms with Crippen LogP contribution in [0.4, 0.5) is 18.9 Å². The molecule has 8 heteroatoms. The van der Waals surface area contributed by atoms with Crippen molar-refractivity contribution in [2.24, 2.45) is 0 Å². The van der Waals surface area contributed by atoms with Gasteiger partial charge in [-0.25, -0.2) is 4.90 Å². The number of halogens is 3. The van der Waals surface area contributed by atoms with Gasteiger partial charge in [0.05, 0.1) is 28.4 Å². The van der Waals surface area contributed by atoms with Gasteiger partial charge in [0.2, 0.25) is 0 Å². The number of rotatable bonds is 2. The van der Waals surface area contributed by atoms with Crippen LogP contribution in [0.15, 0.2) is 42.5 Å². The molecule has 0 fully saturated rings. The Hall–Kier alpha value is -3.34. The number of alkyl halides is 3. The molecule has 5 nitrogen and oxygen atoms in total. The molecule has 0 atom stereocenters. The Morgan fingerprint density at radius 1 is 1.00 bits per heavy atom. The number of fused-ring (bicyclic) bond motifs is 1. The Morgan fingerprint density at radius 3 is 2.08 bits per heavy atom. The Bertz CT molecular complexity index is 865. The molecule has 0 saturated heterocycles. The number of amides is 2. The van der Waals surface area contributed by atoms with Gasteiger partial charge in [0.25, 0.3) is 11.8 Å². The third-order valence-electron chi connectivity index (χ3n) is 3.35. The summed E-state index contributed by atoms with van der Waals surface area (Å²) in [5.41, 5.74) is -0.304.